The minimum Gasteiger partial charge on any atom is -0.485 e. The van der Waals surface area contributed by atoms with E-state index < -0.39 is 12.3 Å². The second kappa shape index (κ2) is 8.30. The normalized spacial score (nSPS) is 11.2. The van der Waals surface area contributed by atoms with Crippen LogP contribution in [0.2, 0.25) is 0 Å². The number of nitrogens with one attached hydrogen (secondary N) is 1. The van der Waals surface area contributed by atoms with E-state index in [0.717, 1.165) is 29.0 Å². The number of anilines is 1. The molecule has 1 amide bonds. The summed E-state index contributed by atoms with van der Waals surface area (Å²) in [6.07, 6.45) is -4.77. The number of amides is 1. The van der Waals surface area contributed by atoms with E-state index in [4.69, 9.17) is 9.15 Å². The van der Waals surface area contributed by atoms with Gasteiger partial charge in [0.2, 0.25) is 0 Å². The lowest BCUT2D eigenvalue weighted by Gasteiger charge is -2.09. The first kappa shape index (κ1) is 20.3. The summed E-state index contributed by atoms with van der Waals surface area (Å²) in [5.41, 5.74) is 2.35. The Morgan fingerprint density at radius 2 is 1.76 bits per heavy atom. The second-order valence-corrected chi connectivity index (χ2v) is 6.35. The van der Waals surface area contributed by atoms with Gasteiger partial charge < -0.3 is 19.2 Å². The van der Waals surface area contributed by atoms with Crippen molar-refractivity contribution in [3.05, 3.63) is 77.2 Å². The third-order valence-electron chi connectivity index (χ3n) is 3.94. The van der Waals surface area contributed by atoms with E-state index in [0.29, 0.717) is 11.4 Å². The van der Waals surface area contributed by atoms with Crippen LogP contribution in [0.25, 0.3) is 0 Å². The van der Waals surface area contributed by atoms with Crippen LogP contribution in [0, 0.1) is 13.8 Å². The molecule has 1 aromatic heterocycles. The van der Waals surface area contributed by atoms with Gasteiger partial charge in [-0.05, 0) is 67.4 Å². The molecule has 152 valence electrons. The second-order valence-electron chi connectivity index (χ2n) is 6.35. The molecule has 0 radical (unpaired) electrons. The fourth-order valence-electron chi connectivity index (χ4n) is 2.52. The predicted molar refractivity (Wildman–Crippen MR) is 100 cm³/mol. The maximum absolute atomic E-state index is 12.3. The quantitative estimate of drug-likeness (QED) is 0.578. The lowest BCUT2D eigenvalue weighted by Crippen LogP contribution is -2.17. The zero-order chi connectivity index (χ0) is 21.0. The standard InChI is InChI=1S/C21H18F3NO4/c1-13-3-4-14(2)19(11-13)27-12-17-9-10-18(28-17)20(26)25-15-5-7-16(8-6-15)29-21(22,23)24/h3-11H,12H2,1-2H3,(H,25,26). The highest BCUT2D eigenvalue weighted by Gasteiger charge is 2.31. The number of rotatable bonds is 6. The summed E-state index contributed by atoms with van der Waals surface area (Å²) in [5.74, 6) is 0.339. The fraction of sp³-hybridized carbons (Fsp3) is 0.190. The van der Waals surface area contributed by atoms with Gasteiger partial charge in [-0.25, -0.2) is 0 Å². The molecule has 2 aromatic carbocycles. The van der Waals surface area contributed by atoms with Crippen molar-refractivity contribution in [1.82, 2.24) is 0 Å². The summed E-state index contributed by atoms with van der Waals surface area (Å²) in [6, 6.07) is 13.8. The van der Waals surface area contributed by atoms with Gasteiger partial charge in [0.15, 0.2) is 5.76 Å². The maximum Gasteiger partial charge on any atom is 0.573 e. The molecule has 0 fully saturated rings. The van der Waals surface area contributed by atoms with Crippen molar-refractivity contribution in [1.29, 1.82) is 0 Å². The lowest BCUT2D eigenvalue weighted by molar-refractivity contribution is -0.274. The van der Waals surface area contributed by atoms with Crippen molar-refractivity contribution in [3.63, 3.8) is 0 Å². The zero-order valence-corrected chi connectivity index (χ0v) is 15.7. The Hall–Kier alpha value is -3.42. The summed E-state index contributed by atoms with van der Waals surface area (Å²) in [7, 11) is 0. The number of halogens is 3. The third kappa shape index (κ3) is 5.78. The number of hydrogen-bond acceptors (Lipinski definition) is 4. The Morgan fingerprint density at radius 3 is 2.45 bits per heavy atom. The van der Waals surface area contributed by atoms with Crippen molar-refractivity contribution in [2.75, 3.05) is 5.32 Å². The first-order valence-electron chi connectivity index (χ1n) is 8.65. The van der Waals surface area contributed by atoms with Gasteiger partial charge in [0.1, 0.15) is 23.9 Å². The Kier molecular flexibility index (Phi) is 5.81. The molecule has 1 N–H and O–H groups in total. The molecule has 8 heteroatoms. The van der Waals surface area contributed by atoms with Crippen LogP contribution in [0.1, 0.15) is 27.4 Å². The summed E-state index contributed by atoms with van der Waals surface area (Å²) >= 11 is 0. The van der Waals surface area contributed by atoms with E-state index in [1.807, 2.05) is 32.0 Å². The van der Waals surface area contributed by atoms with Crippen LogP contribution in [0.15, 0.2) is 59.0 Å². The van der Waals surface area contributed by atoms with Crippen molar-refractivity contribution in [2.24, 2.45) is 0 Å². The smallest absolute Gasteiger partial charge is 0.485 e. The summed E-state index contributed by atoms with van der Waals surface area (Å²) < 4.78 is 51.5. The molecule has 0 aliphatic carbocycles. The highest BCUT2D eigenvalue weighted by Crippen LogP contribution is 2.24. The van der Waals surface area contributed by atoms with Crippen LogP contribution >= 0.6 is 0 Å². The van der Waals surface area contributed by atoms with Gasteiger partial charge in [-0.1, -0.05) is 12.1 Å². The summed E-state index contributed by atoms with van der Waals surface area (Å²) in [6.45, 7) is 4.05. The van der Waals surface area contributed by atoms with Crippen molar-refractivity contribution in [3.8, 4) is 11.5 Å². The Morgan fingerprint density at radius 1 is 1.03 bits per heavy atom. The summed E-state index contributed by atoms with van der Waals surface area (Å²) in [5, 5.41) is 2.54. The van der Waals surface area contributed by atoms with Gasteiger partial charge in [0, 0.05) is 5.69 Å². The Labute approximate surface area is 165 Å². The zero-order valence-electron chi connectivity index (χ0n) is 15.7. The van der Waals surface area contributed by atoms with E-state index in [-0.39, 0.29) is 18.1 Å². The maximum atomic E-state index is 12.3. The minimum atomic E-state index is -4.77. The SMILES string of the molecule is Cc1ccc(C)c(OCc2ccc(C(=O)Nc3ccc(OC(F)(F)F)cc3)o2)c1. The molecule has 29 heavy (non-hydrogen) atoms. The summed E-state index contributed by atoms with van der Waals surface area (Å²) in [4.78, 5) is 12.3. The predicted octanol–water partition coefficient (Wildman–Crippen LogP) is 5.63. The van der Waals surface area contributed by atoms with Crippen LogP contribution in [-0.2, 0) is 6.61 Å². The van der Waals surface area contributed by atoms with Crippen LogP contribution in [-0.4, -0.2) is 12.3 Å². The number of aryl methyl sites for hydroxylation is 2. The topological polar surface area (TPSA) is 60.7 Å². The van der Waals surface area contributed by atoms with E-state index in [9.17, 15) is 18.0 Å². The average molecular weight is 405 g/mol. The Balaban J connectivity index is 1.58. The van der Waals surface area contributed by atoms with Crippen LogP contribution in [0.3, 0.4) is 0 Å². The first-order chi connectivity index (χ1) is 13.7. The molecule has 0 atom stereocenters. The van der Waals surface area contributed by atoms with Crippen LogP contribution in [0.5, 0.6) is 11.5 Å². The molecular weight excluding hydrogens is 387 g/mol. The Bertz CT molecular complexity index is 994. The van der Waals surface area contributed by atoms with E-state index in [1.165, 1.54) is 18.2 Å². The van der Waals surface area contributed by atoms with Gasteiger partial charge in [-0.2, -0.15) is 0 Å². The molecule has 0 saturated carbocycles. The molecule has 3 rings (SSSR count). The molecule has 0 unspecified atom stereocenters. The number of carbonyl (C=O) groups excluding carboxylic acids is 1. The van der Waals surface area contributed by atoms with Crippen molar-refractivity contribution in [2.45, 2.75) is 26.8 Å². The van der Waals surface area contributed by atoms with E-state index >= 15 is 0 Å². The molecule has 0 aliphatic rings. The van der Waals surface area contributed by atoms with E-state index in [2.05, 4.69) is 10.1 Å². The van der Waals surface area contributed by atoms with Crippen LogP contribution in [0.4, 0.5) is 18.9 Å². The van der Waals surface area contributed by atoms with Gasteiger partial charge in [0.25, 0.3) is 5.91 Å². The molecule has 0 bridgehead atoms. The van der Waals surface area contributed by atoms with Gasteiger partial charge >= 0.3 is 6.36 Å². The van der Waals surface area contributed by atoms with Crippen LogP contribution < -0.4 is 14.8 Å². The number of furan rings is 1. The molecule has 3 aromatic rings. The van der Waals surface area contributed by atoms with Crippen molar-refractivity contribution < 1.29 is 31.9 Å². The molecule has 0 spiro atoms. The molecule has 0 saturated heterocycles. The fourth-order valence-corrected chi connectivity index (χ4v) is 2.52. The highest BCUT2D eigenvalue weighted by molar-refractivity contribution is 6.02. The lowest BCUT2D eigenvalue weighted by atomic mass is 10.1. The van der Waals surface area contributed by atoms with Gasteiger partial charge in [-0.15, -0.1) is 13.2 Å². The molecule has 5 nitrogen and oxygen atoms in total. The minimum absolute atomic E-state index is 0.0557. The van der Waals surface area contributed by atoms with Gasteiger partial charge in [-0.3, -0.25) is 4.79 Å². The number of benzene rings is 2. The first-order valence-corrected chi connectivity index (χ1v) is 8.65. The third-order valence-corrected chi connectivity index (χ3v) is 3.94. The largest absolute Gasteiger partial charge is 0.573 e. The molecule has 0 aliphatic heterocycles. The number of hydrogen-bond donors (Lipinski definition) is 1. The van der Waals surface area contributed by atoms with E-state index in [1.54, 1.807) is 6.07 Å². The number of ether oxygens (including phenoxy) is 2. The monoisotopic (exact) mass is 405 g/mol. The van der Waals surface area contributed by atoms with Gasteiger partial charge in [0.05, 0.1) is 0 Å². The molecule has 1 heterocycles. The average Bonchev–Trinajstić information content (AvgIpc) is 3.12. The molecular formula is C21H18F3NO4. The number of alkyl halides is 3. The highest BCUT2D eigenvalue weighted by atomic mass is 19.4. The number of carbonyl (C=O) groups is 1. The van der Waals surface area contributed by atoms with Crippen molar-refractivity contribution >= 4 is 11.6 Å².